The molecule has 1 N–H and O–H groups in total. The Balaban J connectivity index is 0.000000810. The van der Waals surface area contributed by atoms with Crippen molar-refractivity contribution in [2.75, 3.05) is 0 Å². The van der Waals surface area contributed by atoms with E-state index in [0.717, 1.165) is 0 Å². The third-order valence-corrected chi connectivity index (χ3v) is 2.48. The van der Waals surface area contributed by atoms with Gasteiger partial charge in [-0.3, -0.25) is 0 Å². The fraction of sp³-hybridized carbons (Fsp3) is 1.00. The molecule has 0 bridgehead atoms. The van der Waals surface area contributed by atoms with Gasteiger partial charge in [0.15, 0.2) is 0 Å². The zero-order valence-corrected chi connectivity index (χ0v) is 9.30. The molecule has 55 valence electrons. The van der Waals surface area contributed by atoms with Crippen LogP contribution in [0.2, 0.25) is 0 Å². The van der Waals surface area contributed by atoms with Crippen molar-refractivity contribution in [3.63, 3.8) is 0 Å². The summed E-state index contributed by atoms with van der Waals surface area (Å²) in [5, 5.41) is 9.45. The van der Waals surface area contributed by atoms with Gasteiger partial charge in [0.25, 0.3) is 0 Å². The van der Waals surface area contributed by atoms with E-state index in [2.05, 4.69) is 13.8 Å². The Morgan fingerprint density at radius 2 is 1.50 bits per heavy atom. The van der Waals surface area contributed by atoms with Crippen molar-refractivity contribution in [1.29, 1.82) is 0 Å². The van der Waals surface area contributed by atoms with E-state index in [9.17, 15) is 5.11 Å². The molecule has 1 radical (unpaired) electrons. The van der Waals surface area contributed by atoms with Gasteiger partial charge in [0.1, 0.15) is 0 Å². The van der Waals surface area contributed by atoms with Crippen LogP contribution in [0.4, 0.5) is 0 Å². The minimum absolute atomic E-state index is 0. The molecule has 1 aliphatic carbocycles. The predicted octanol–water partition coefficient (Wildman–Crippen LogP) is 1.42. The van der Waals surface area contributed by atoms with Crippen molar-refractivity contribution in [3.05, 3.63) is 0 Å². The van der Waals surface area contributed by atoms with Gasteiger partial charge in [-0.1, -0.05) is 20.3 Å². The van der Waals surface area contributed by atoms with Crippen LogP contribution < -0.4 is 0 Å². The number of aliphatic hydroxyl groups is 1. The van der Waals surface area contributed by atoms with Gasteiger partial charge < -0.3 is 5.11 Å². The summed E-state index contributed by atoms with van der Waals surface area (Å²) in [6.07, 6.45) is 3.70. The molecule has 0 aliphatic heterocycles. The van der Waals surface area contributed by atoms with Crippen LogP contribution in [0.15, 0.2) is 0 Å². The maximum atomic E-state index is 9.45. The Bertz CT molecular complexity index is 85.3. The molecule has 0 saturated heterocycles. The van der Waals surface area contributed by atoms with E-state index in [1.165, 1.54) is 19.3 Å². The van der Waals surface area contributed by atoms with E-state index in [0.29, 0.717) is 11.8 Å². The standard InChI is InChI=1S/C8H16O.Na/c1-6-4-3-5-7(2)8(6)9;/h6-9H,3-5H2,1-2H3;. The van der Waals surface area contributed by atoms with Gasteiger partial charge in [0.05, 0.1) is 6.10 Å². The summed E-state index contributed by atoms with van der Waals surface area (Å²) in [4.78, 5) is 0. The number of rotatable bonds is 0. The SMILES string of the molecule is CC1CCCC(C)C1O.[Na]. The van der Waals surface area contributed by atoms with Gasteiger partial charge >= 0.3 is 0 Å². The maximum Gasteiger partial charge on any atom is 0.0591 e. The Kier molecular flexibility index (Phi) is 5.22. The molecule has 1 saturated carbocycles. The molecule has 1 rings (SSSR count). The zero-order valence-electron chi connectivity index (χ0n) is 7.30. The predicted molar refractivity (Wildman–Crippen MR) is 43.9 cm³/mol. The monoisotopic (exact) mass is 151 g/mol. The van der Waals surface area contributed by atoms with E-state index < -0.39 is 0 Å². The quantitative estimate of drug-likeness (QED) is 0.519. The molecular formula is C8H16NaO. The average Bonchev–Trinajstić information content (AvgIpc) is 1.83. The van der Waals surface area contributed by atoms with E-state index in [-0.39, 0.29) is 35.7 Å². The first-order valence-electron chi connectivity index (χ1n) is 3.90. The van der Waals surface area contributed by atoms with Crippen molar-refractivity contribution < 1.29 is 5.11 Å². The minimum Gasteiger partial charge on any atom is -0.393 e. The molecule has 1 aliphatic rings. The fourth-order valence-corrected chi connectivity index (χ4v) is 1.66. The summed E-state index contributed by atoms with van der Waals surface area (Å²) >= 11 is 0. The molecule has 1 fully saturated rings. The topological polar surface area (TPSA) is 20.2 Å². The molecule has 0 spiro atoms. The van der Waals surface area contributed by atoms with Crippen LogP contribution in [0, 0.1) is 11.8 Å². The molecule has 1 nitrogen and oxygen atoms in total. The van der Waals surface area contributed by atoms with Gasteiger partial charge in [-0.25, -0.2) is 0 Å². The Hall–Kier alpha value is 0.960. The zero-order chi connectivity index (χ0) is 6.85. The summed E-state index contributed by atoms with van der Waals surface area (Å²) in [6, 6.07) is 0. The molecule has 0 heterocycles. The fourth-order valence-electron chi connectivity index (χ4n) is 1.66. The molecule has 2 unspecified atom stereocenters. The van der Waals surface area contributed by atoms with Gasteiger partial charge in [-0.2, -0.15) is 0 Å². The first-order chi connectivity index (χ1) is 4.22. The van der Waals surface area contributed by atoms with Crippen molar-refractivity contribution in [2.24, 2.45) is 11.8 Å². The second kappa shape index (κ2) is 4.76. The number of aliphatic hydroxyl groups excluding tert-OH is 1. The molecule has 0 aromatic heterocycles. The second-order valence-corrected chi connectivity index (χ2v) is 3.38. The van der Waals surface area contributed by atoms with E-state index in [1.54, 1.807) is 0 Å². The van der Waals surface area contributed by atoms with Crippen molar-refractivity contribution in [2.45, 2.75) is 39.2 Å². The van der Waals surface area contributed by atoms with Crippen LogP contribution in [0.5, 0.6) is 0 Å². The maximum absolute atomic E-state index is 9.45. The number of hydrogen-bond acceptors (Lipinski definition) is 1. The molecule has 2 atom stereocenters. The first kappa shape index (κ1) is 11.0. The molecule has 2 heteroatoms. The Morgan fingerprint density at radius 1 is 1.10 bits per heavy atom. The van der Waals surface area contributed by atoms with Crippen LogP contribution in [0.25, 0.3) is 0 Å². The van der Waals surface area contributed by atoms with Crippen molar-refractivity contribution >= 4 is 29.6 Å². The molecule has 0 amide bonds. The first-order valence-corrected chi connectivity index (χ1v) is 3.90. The largest absolute Gasteiger partial charge is 0.393 e. The van der Waals surface area contributed by atoms with E-state index in [1.807, 2.05) is 0 Å². The van der Waals surface area contributed by atoms with Gasteiger partial charge in [-0.15, -0.1) is 0 Å². The second-order valence-electron chi connectivity index (χ2n) is 3.38. The summed E-state index contributed by atoms with van der Waals surface area (Å²) in [6.45, 7) is 4.28. The summed E-state index contributed by atoms with van der Waals surface area (Å²) in [5.41, 5.74) is 0. The normalized spacial score (nSPS) is 40.5. The molecule has 0 aromatic rings. The molecular weight excluding hydrogens is 135 g/mol. The third kappa shape index (κ3) is 2.54. The van der Waals surface area contributed by atoms with E-state index >= 15 is 0 Å². The molecule has 0 aromatic carbocycles. The summed E-state index contributed by atoms with van der Waals surface area (Å²) in [5.74, 6) is 1.07. The van der Waals surface area contributed by atoms with Crippen LogP contribution in [0.3, 0.4) is 0 Å². The van der Waals surface area contributed by atoms with E-state index in [4.69, 9.17) is 0 Å². The molecule has 10 heavy (non-hydrogen) atoms. The smallest absolute Gasteiger partial charge is 0.0591 e. The minimum atomic E-state index is -0.0289. The van der Waals surface area contributed by atoms with Crippen LogP contribution in [0.1, 0.15) is 33.1 Å². The summed E-state index contributed by atoms with van der Waals surface area (Å²) in [7, 11) is 0. The average molecular weight is 151 g/mol. The third-order valence-electron chi connectivity index (χ3n) is 2.48. The summed E-state index contributed by atoms with van der Waals surface area (Å²) < 4.78 is 0. The van der Waals surface area contributed by atoms with Crippen LogP contribution in [-0.2, 0) is 0 Å². The van der Waals surface area contributed by atoms with Gasteiger partial charge in [-0.05, 0) is 24.7 Å². The van der Waals surface area contributed by atoms with Crippen LogP contribution in [-0.4, -0.2) is 40.8 Å². The number of hydrogen-bond donors (Lipinski definition) is 1. The van der Waals surface area contributed by atoms with Crippen molar-refractivity contribution in [1.82, 2.24) is 0 Å². The van der Waals surface area contributed by atoms with Crippen LogP contribution >= 0.6 is 0 Å². The Morgan fingerprint density at radius 3 is 1.80 bits per heavy atom. The van der Waals surface area contributed by atoms with Crippen molar-refractivity contribution in [3.8, 4) is 0 Å². The van der Waals surface area contributed by atoms with Gasteiger partial charge in [0, 0.05) is 29.6 Å². The van der Waals surface area contributed by atoms with Gasteiger partial charge in [0.2, 0.25) is 0 Å². The Labute approximate surface area is 85.5 Å².